The number of carbonyl (C=O) groups excluding carboxylic acids is 1. The number of non-ortho nitro benzene ring substituents is 1. The van der Waals surface area contributed by atoms with Crippen LogP contribution in [0.2, 0.25) is 10.0 Å². The first kappa shape index (κ1) is 17.5. The summed E-state index contributed by atoms with van der Waals surface area (Å²) in [7, 11) is 0. The molecule has 0 bridgehead atoms. The zero-order valence-electron chi connectivity index (χ0n) is 12.4. The van der Waals surface area contributed by atoms with Crippen molar-refractivity contribution < 1.29 is 9.72 Å². The van der Waals surface area contributed by atoms with Crippen LogP contribution in [0, 0.1) is 10.1 Å². The Morgan fingerprint density at radius 3 is 2.56 bits per heavy atom. The summed E-state index contributed by atoms with van der Waals surface area (Å²) < 4.78 is 0. The monoisotopic (exact) mass is 393 g/mol. The largest absolute Gasteiger partial charge is 0.300 e. The molecule has 1 aliphatic heterocycles. The highest BCUT2D eigenvalue weighted by Gasteiger charge is 2.24. The Morgan fingerprint density at radius 2 is 1.88 bits per heavy atom. The van der Waals surface area contributed by atoms with Gasteiger partial charge in [0.05, 0.1) is 15.5 Å². The lowest BCUT2D eigenvalue weighted by atomic mass is 10.2. The van der Waals surface area contributed by atoms with Crippen molar-refractivity contribution in [1.29, 1.82) is 0 Å². The molecule has 25 heavy (non-hydrogen) atoms. The van der Waals surface area contributed by atoms with Crippen molar-refractivity contribution in [1.82, 2.24) is 5.32 Å². The fourth-order valence-electron chi connectivity index (χ4n) is 2.01. The zero-order chi connectivity index (χ0) is 18.0. The van der Waals surface area contributed by atoms with E-state index in [0.717, 1.165) is 11.8 Å². The first-order valence-corrected chi connectivity index (χ1v) is 8.49. The SMILES string of the molecule is O=C1NC(=Nc2ccc(Cl)cc2)S/C1=C\c1cc([N+](=O)[O-])ccc1Cl. The predicted molar refractivity (Wildman–Crippen MR) is 100 cm³/mol. The summed E-state index contributed by atoms with van der Waals surface area (Å²) in [4.78, 5) is 27.1. The fraction of sp³-hybridized carbons (Fsp3) is 0. The Balaban J connectivity index is 1.88. The van der Waals surface area contributed by atoms with Gasteiger partial charge in [0.25, 0.3) is 11.6 Å². The lowest BCUT2D eigenvalue weighted by Crippen LogP contribution is -2.19. The molecule has 1 amide bonds. The third kappa shape index (κ3) is 4.19. The third-order valence-electron chi connectivity index (χ3n) is 3.19. The third-order valence-corrected chi connectivity index (χ3v) is 4.69. The number of nitro benzene ring substituents is 1. The van der Waals surface area contributed by atoms with Gasteiger partial charge < -0.3 is 5.32 Å². The summed E-state index contributed by atoms with van der Waals surface area (Å²) >= 11 is 13.0. The van der Waals surface area contributed by atoms with Gasteiger partial charge in [0, 0.05) is 27.7 Å². The van der Waals surface area contributed by atoms with Gasteiger partial charge in [-0.05, 0) is 48.2 Å². The first-order valence-electron chi connectivity index (χ1n) is 6.91. The first-order chi connectivity index (χ1) is 11.9. The second-order valence-electron chi connectivity index (χ2n) is 4.92. The van der Waals surface area contributed by atoms with Crippen molar-refractivity contribution in [3.63, 3.8) is 0 Å². The van der Waals surface area contributed by atoms with E-state index in [2.05, 4.69) is 10.3 Å². The summed E-state index contributed by atoms with van der Waals surface area (Å²) in [5, 5.41) is 14.8. The van der Waals surface area contributed by atoms with Crippen LogP contribution < -0.4 is 5.32 Å². The molecule has 1 heterocycles. The van der Waals surface area contributed by atoms with Gasteiger partial charge in [-0.25, -0.2) is 4.99 Å². The maximum absolute atomic E-state index is 12.1. The van der Waals surface area contributed by atoms with Crippen LogP contribution in [-0.2, 0) is 4.79 Å². The molecule has 0 aromatic heterocycles. The van der Waals surface area contributed by atoms with Crippen LogP contribution >= 0.6 is 35.0 Å². The number of amides is 1. The number of halogens is 2. The van der Waals surface area contributed by atoms with E-state index in [4.69, 9.17) is 23.2 Å². The Labute approximate surface area is 156 Å². The number of nitro groups is 1. The van der Waals surface area contributed by atoms with E-state index in [-0.39, 0.29) is 11.6 Å². The molecule has 126 valence electrons. The van der Waals surface area contributed by atoms with E-state index < -0.39 is 4.92 Å². The van der Waals surface area contributed by atoms with Crippen molar-refractivity contribution in [2.45, 2.75) is 0 Å². The average molecular weight is 394 g/mol. The number of benzene rings is 2. The zero-order valence-corrected chi connectivity index (χ0v) is 14.7. The van der Waals surface area contributed by atoms with Crippen LogP contribution in [0.15, 0.2) is 52.4 Å². The van der Waals surface area contributed by atoms with Gasteiger partial charge in [0.2, 0.25) is 0 Å². The summed E-state index contributed by atoms with van der Waals surface area (Å²) in [5.41, 5.74) is 0.929. The van der Waals surface area contributed by atoms with Crippen LogP contribution in [0.25, 0.3) is 6.08 Å². The van der Waals surface area contributed by atoms with Gasteiger partial charge >= 0.3 is 0 Å². The summed E-state index contributed by atoms with van der Waals surface area (Å²) in [5.74, 6) is -0.347. The normalized spacial score (nSPS) is 17.1. The molecule has 1 aliphatic rings. The Hall–Kier alpha value is -2.35. The molecule has 1 N–H and O–H groups in total. The van der Waals surface area contributed by atoms with E-state index in [1.54, 1.807) is 24.3 Å². The highest BCUT2D eigenvalue weighted by atomic mass is 35.5. The number of hydrogen-bond donors (Lipinski definition) is 1. The molecule has 0 aliphatic carbocycles. The van der Waals surface area contributed by atoms with Crippen molar-refractivity contribution in [2.75, 3.05) is 0 Å². The predicted octanol–water partition coefficient (Wildman–Crippen LogP) is 4.79. The molecular weight excluding hydrogens is 385 g/mol. The van der Waals surface area contributed by atoms with Crippen LogP contribution in [0.5, 0.6) is 0 Å². The molecule has 0 saturated carbocycles. The molecular formula is C16H9Cl2N3O3S. The van der Waals surface area contributed by atoms with E-state index >= 15 is 0 Å². The molecule has 0 atom stereocenters. The smallest absolute Gasteiger partial charge is 0.270 e. The summed E-state index contributed by atoms with van der Waals surface area (Å²) in [6.07, 6.45) is 1.50. The number of carbonyl (C=O) groups is 1. The van der Waals surface area contributed by atoms with Gasteiger partial charge in [-0.3, -0.25) is 14.9 Å². The minimum Gasteiger partial charge on any atom is -0.300 e. The van der Waals surface area contributed by atoms with Gasteiger partial charge in [0.1, 0.15) is 0 Å². The lowest BCUT2D eigenvalue weighted by Gasteiger charge is -1.99. The molecule has 6 nitrogen and oxygen atoms in total. The van der Waals surface area contributed by atoms with Crippen molar-refractivity contribution in [3.05, 3.63) is 73.1 Å². The van der Waals surface area contributed by atoms with E-state index in [1.807, 2.05) is 0 Å². The number of thioether (sulfide) groups is 1. The topological polar surface area (TPSA) is 84.6 Å². The number of nitrogens with zero attached hydrogens (tertiary/aromatic N) is 2. The second kappa shape index (κ2) is 7.26. The Morgan fingerprint density at radius 1 is 1.16 bits per heavy atom. The molecule has 0 spiro atoms. The fourth-order valence-corrected chi connectivity index (χ4v) is 3.14. The van der Waals surface area contributed by atoms with E-state index in [9.17, 15) is 14.9 Å². The molecule has 0 unspecified atom stereocenters. The maximum Gasteiger partial charge on any atom is 0.270 e. The second-order valence-corrected chi connectivity index (χ2v) is 6.80. The Bertz CT molecular complexity index is 927. The molecule has 0 radical (unpaired) electrons. The Kier molecular flexibility index (Phi) is 5.08. The number of nitrogens with one attached hydrogen (secondary N) is 1. The molecule has 2 aromatic rings. The minimum atomic E-state index is -0.520. The number of rotatable bonds is 3. The van der Waals surface area contributed by atoms with Crippen LogP contribution in [0.4, 0.5) is 11.4 Å². The van der Waals surface area contributed by atoms with E-state index in [1.165, 1.54) is 24.3 Å². The van der Waals surface area contributed by atoms with Crippen LogP contribution in [-0.4, -0.2) is 16.0 Å². The number of aliphatic imine (C=N–C) groups is 1. The molecule has 1 saturated heterocycles. The quantitative estimate of drug-likeness (QED) is 0.461. The van der Waals surface area contributed by atoms with Gasteiger partial charge in [-0.1, -0.05) is 23.2 Å². The highest BCUT2D eigenvalue weighted by molar-refractivity contribution is 8.18. The molecule has 3 rings (SSSR count). The standard InChI is InChI=1S/C16H9Cl2N3O3S/c17-10-1-3-11(4-2-10)19-16-20-15(22)14(25-16)8-9-7-12(21(23)24)5-6-13(9)18/h1-8H,(H,19,20,22)/b14-8-. The van der Waals surface area contributed by atoms with E-state index in [0.29, 0.717) is 31.4 Å². The molecule has 1 fully saturated rings. The average Bonchev–Trinajstić information content (AvgIpc) is 2.91. The maximum atomic E-state index is 12.1. The molecule has 2 aromatic carbocycles. The van der Waals surface area contributed by atoms with Crippen molar-refractivity contribution in [2.24, 2.45) is 4.99 Å². The van der Waals surface area contributed by atoms with Crippen LogP contribution in [0.1, 0.15) is 5.56 Å². The number of hydrogen-bond acceptors (Lipinski definition) is 5. The van der Waals surface area contributed by atoms with Gasteiger partial charge in [-0.2, -0.15) is 0 Å². The summed E-state index contributed by atoms with van der Waals surface area (Å²) in [6, 6.07) is 10.9. The van der Waals surface area contributed by atoms with Gasteiger partial charge in [-0.15, -0.1) is 0 Å². The summed E-state index contributed by atoms with van der Waals surface area (Å²) in [6.45, 7) is 0. The van der Waals surface area contributed by atoms with Crippen molar-refractivity contribution >= 4 is 63.5 Å². The molecule has 9 heteroatoms. The van der Waals surface area contributed by atoms with Crippen LogP contribution in [0.3, 0.4) is 0 Å². The number of amidine groups is 1. The van der Waals surface area contributed by atoms with Crippen molar-refractivity contribution in [3.8, 4) is 0 Å². The lowest BCUT2D eigenvalue weighted by molar-refractivity contribution is -0.384. The highest BCUT2D eigenvalue weighted by Crippen LogP contribution is 2.31. The minimum absolute atomic E-state index is 0.102. The van der Waals surface area contributed by atoms with Gasteiger partial charge in [0.15, 0.2) is 5.17 Å².